The predicted octanol–water partition coefficient (Wildman–Crippen LogP) is 3.51. The van der Waals surface area contributed by atoms with E-state index in [4.69, 9.17) is 16.3 Å². The number of carbonyl (C=O) groups is 2. The maximum Gasteiger partial charge on any atom is 0.320 e. The monoisotopic (exact) mass is 435 g/mol. The van der Waals surface area contributed by atoms with E-state index < -0.39 is 0 Å². The van der Waals surface area contributed by atoms with Crippen LogP contribution in [-0.4, -0.2) is 74.1 Å². The fourth-order valence-electron chi connectivity index (χ4n) is 3.57. The van der Waals surface area contributed by atoms with Gasteiger partial charge in [-0.3, -0.25) is 4.79 Å². The zero-order chi connectivity index (χ0) is 21.0. The SMILES string of the molecule is COCCN(CC(=O)N1CCc2sccc2C1c1ccc(Cl)cc1)C(=O)N(C)C. The molecule has 1 aromatic heterocycles. The summed E-state index contributed by atoms with van der Waals surface area (Å²) in [6, 6.07) is 9.34. The molecule has 156 valence electrons. The Morgan fingerprint density at radius 1 is 1.24 bits per heavy atom. The third kappa shape index (κ3) is 4.91. The van der Waals surface area contributed by atoms with Gasteiger partial charge < -0.3 is 19.4 Å². The van der Waals surface area contributed by atoms with E-state index >= 15 is 0 Å². The summed E-state index contributed by atoms with van der Waals surface area (Å²) in [4.78, 5) is 32.0. The highest BCUT2D eigenvalue weighted by Gasteiger charge is 2.34. The number of carbonyl (C=O) groups excluding carboxylic acids is 2. The molecule has 29 heavy (non-hydrogen) atoms. The van der Waals surface area contributed by atoms with Crippen molar-refractivity contribution in [1.82, 2.24) is 14.7 Å². The lowest BCUT2D eigenvalue weighted by atomic mass is 9.93. The average molecular weight is 436 g/mol. The number of thiophene rings is 1. The Bertz CT molecular complexity index is 853. The highest BCUT2D eigenvalue weighted by atomic mass is 35.5. The van der Waals surface area contributed by atoms with Gasteiger partial charge >= 0.3 is 6.03 Å². The first kappa shape index (κ1) is 21.6. The zero-order valence-electron chi connectivity index (χ0n) is 16.9. The topological polar surface area (TPSA) is 53.1 Å². The van der Waals surface area contributed by atoms with Crippen LogP contribution in [0.15, 0.2) is 35.7 Å². The lowest BCUT2D eigenvalue weighted by Crippen LogP contribution is -2.49. The summed E-state index contributed by atoms with van der Waals surface area (Å²) in [6.45, 7) is 1.38. The van der Waals surface area contributed by atoms with Crippen molar-refractivity contribution in [2.24, 2.45) is 0 Å². The molecule has 1 aromatic carbocycles. The van der Waals surface area contributed by atoms with Gasteiger partial charge in [-0.15, -0.1) is 11.3 Å². The lowest BCUT2D eigenvalue weighted by Gasteiger charge is -2.38. The average Bonchev–Trinajstić information content (AvgIpc) is 3.19. The van der Waals surface area contributed by atoms with E-state index in [0.29, 0.717) is 24.7 Å². The fraction of sp³-hybridized carbons (Fsp3) is 0.429. The van der Waals surface area contributed by atoms with Gasteiger partial charge in [0, 0.05) is 44.2 Å². The molecule has 8 heteroatoms. The molecule has 0 saturated heterocycles. The third-order valence-electron chi connectivity index (χ3n) is 5.02. The first-order valence-electron chi connectivity index (χ1n) is 9.48. The Hall–Kier alpha value is -2.09. The molecule has 1 aliphatic heterocycles. The number of methoxy groups -OCH3 is 1. The van der Waals surface area contributed by atoms with Gasteiger partial charge in [0.1, 0.15) is 6.54 Å². The predicted molar refractivity (Wildman–Crippen MR) is 116 cm³/mol. The van der Waals surface area contributed by atoms with Crippen LogP contribution in [-0.2, 0) is 16.0 Å². The van der Waals surface area contributed by atoms with E-state index in [1.165, 1.54) is 14.7 Å². The van der Waals surface area contributed by atoms with Crippen LogP contribution < -0.4 is 0 Å². The van der Waals surface area contributed by atoms with Crippen LogP contribution in [0.2, 0.25) is 5.02 Å². The Morgan fingerprint density at radius 2 is 1.97 bits per heavy atom. The zero-order valence-corrected chi connectivity index (χ0v) is 18.5. The maximum atomic E-state index is 13.3. The molecule has 3 amide bonds. The van der Waals surface area contributed by atoms with Gasteiger partial charge in [-0.2, -0.15) is 0 Å². The van der Waals surface area contributed by atoms with Gasteiger partial charge in [-0.25, -0.2) is 4.79 Å². The minimum atomic E-state index is -0.202. The van der Waals surface area contributed by atoms with E-state index in [9.17, 15) is 9.59 Å². The standard InChI is InChI=1S/C21H26ClN3O3S/c1-23(2)21(27)24(11-12-28-3)14-19(26)25-10-8-18-17(9-13-29-18)20(25)15-4-6-16(22)7-5-15/h4-7,9,13,20H,8,10-12,14H2,1-3H3. The molecule has 1 atom stereocenters. The van der Waals surface area contributed by atoms with Crippen molar-refractivity contribution in [3.8, 4) is 0 Å². The number of rotatable bonds is 6. The number of benzene rings is 1. The summed E-state index contributed by atoms with van der Waals surface area (Å²) in [5.41, 5.74) is 2.17. The van der Waals surface area contributed by atoms with Gasteiger partial charge in [0.2, 0.25) is 5.91 Å². The van der Waals surface area contributed by atoms with Gasteiger partial charge in [0.15, 0.2) is 0 Å². The van der Waals surface area contributed by atoms with Crippen LogP contribution in [0.25, 0.3) is 0 Å². The Kier molecular flexibility index (Phi) is 7.16. The van der Waals surface area contributed by atoms with E-state index in [1.54, 1.807) is 32.5 Å². The van der Waals surface area contributed by atoms with Crippen LogP contribution in [0.4, 0.5) is 4.79 Å². The Balaban J connectivity index is 1.87. The summed E-state index contributed by atoms with van der Waals surface area (Å²) >= 11 is 7.79. The lowest BCUT2D eigenvalue weighted by molar-refractivity contribution is -0.134. The van der Waals surface area contributed by atoms with Crippen molar-refractivity contribution in [1.29, 1.82) is 0 Å². The summed E-state index contributed by atoms with van der Waals surface area (Å²) in [5.74, 6) is -0.0758. The largest absolute Gasteiger partial charge is 0.383 e. The first-order chi connectivity index (χ1) is 13.9. The Morgan fingerprint density at radius 3 is 2.62 bits per heavy atom. The number of fused-ring (bicyclic) bond motifs is 1. The van der Waals surface area contributed by atoms with Crippen molar-refractivity contribution in [3.63, 3.8) is 0 Å². The molecule has 2 heterocycles. The number of hydrogen-bond donors (Lipinski definition) is 0. The summed E-state index contributed by atoms with van der Waals surface area (Å²) in [5, 5.41) is 2.73. The molecular formula is C21H26ClN3O3S. The molecule has 0 bridgehead atoms. The molecule has 0 saturated carbocycles. The van der Waals surface area contributed by atoms with Gasteiger partial charge in [0.25, 0.3) is 0 Å². The molecule has 0 fully saturated rings. The number of ether oxygens (including phenoxy) is 1. The van der Waals surface area contributed by atoms with Gasteiger partial charge in [0.05, 0.1) is 12.6 Å². The fourth-order valence-corrected chi connectivity index (χ4v) is 4.60. The van der Waals surface area contributed by atoms with Crippen molar-refractivity contribution >= 4 is 34.9 Å². The minimum Gasteiger partial charge on any atom is -0.383 e. The van der Waals surface area contributed by atoms with Crippen LogP contribution >= 0.6 is 22.9 Å². The second-order valence-corrected chi connectivity index (χ2v) is 8.62. The molecule has 0 aliphatic carbocycles. The molecule has 0 N–H and O–H groups in total. The van der Waals surface area contributed by atoms with Gasteiger partial charge in [-0.05, 0) is 41.1 Å². The number of nitrogens with zero attached hydrogens (tertiary/aromatic N) is 3. The van der Waals surface area contributed by atoms with Gasteiger partial charge in [-0.1, -0.05) is 23.7 Å². The van der Waals surface area contributed by atoms with Crippen molar-refractivity contribution in [2.75, 3.05) is 47.4 Å². The number of halogens is 1. The molecule has 1 unspecified atom stereocenters. The molecular weight excluding hydrogens is 410 g/mol. The third-order valence-corrected chi connectivity index (χ3v) is 6.27. The van der Waals surface area contributed by atoms with E-state index in [-0.39, 0.29) is 24.5 Å². The van der Waals surface area contributed by atoms with Crippen LogP contribution in [0.1, 0.15) is 22.0 Å². The number of amides is 3. The van der Waals surface area contributed by atoms with E-state index in [0.717, 1.165) is 17.5 Å². The molecule has 0 radical (unpaired) electrons. The van der Waals surface area contributed by atoms with Crippen molar-refractivity contribution < 1.29 is 14.3 Å². The summed E-state index contributed by atoms with van der Waals surface area (Å²) in [7, 11) is 4.95. The molecule has 2 aromatic rings. The minimum absolute atomic E-state index is 0.0178. The second-order valence-electron chi connectivity index (χ2n) is 7.18. The summed E-state index contributed by atoms with van der Waals surface area (Å²) < 4.78 is 5.12. The summed E-state index contributed by atoms with van der Waals surface area (Å²) in [6.07, 6.45) is 0.822. The van der Waals surface area contributed by atoms with Crippen LogP contribution in [0.5, 0.6) is 0 Å². The van der Waals surface area contributed by atoms with Crippen molar-refractivity contribution in [2.45, 2.75) is 12.5 Å². The molecule has 1 aliphatic rings. The second kappa shape index (κ2) is 9.61. The number of urea groups is 1. The molecule has 6 nitrogen and oxygen atoms in total. The number of hydrogen-bond acceptors (Lipinski definition) is 4. The highest BCUT2D eigenvalue weighted by Crippen LogP contribution is 2.38. The van der Waals surface area contributed by atoms with Crippen molar-refractivity contribution in [3.05, 3.63) is 56.7 Å². The van der Waals surface area contributed by atoms with Crippen LogP contribution in [0, 0.1) is 0 Å². The van der Waals surface area contributed by atoms with E-state index in [2.05, 4.69) is 11.4 Å². The first-order valence-corrected chi connectivity index (χ1v) is 10.7. The molecule has 3 rings (SSSR count). The Labute approximate surface area is 180 Å². The highest BCUT2D eigenvalue weighted by molar-refractivity contribution is 7.10. The van der Waals surface area contributed by atoms with E-state index in [1.807, 2.05) is 29.2 Å². The molecule has 0 spiro atoms. The smallest absolute Gasteiger partial charge is 0.320 e. The maximum absolute atomic E-state index is 13.3. The van der Waals surface area contributed by atoms with Crippen LogP contribution in [0.3, 0.4) is 0 Å². The normalized spacial score (nSPS) is 15.7. The quantitative estimate of drug-likeness (QED) is 0.697.